The van der Waals surface area contributed by atoms with Gasteiger partial charge in [-0.2, -0.15) is 0 Å². The van der Waals surface area contributed by atoms with Gasteiger partial charge < -0.3 is 14.5 Å². The molecule has 1 aromatic rings. The first kappa shape index (κ1) is 26.9. The van der Waals surface area contributed by atoms with Gasteiger partial charge in [0.15, 0.2) is 0 Å². The zero-order valence-corrected chi connectivity index (χ0v) is 22.1. The number of rotatable bonds is 6. The van der Waals surface area contributed by atoms with Crippen molar-refractivity contribution in [3.05, 3.63) is 15.8 Å². The highest BCUT2D eigenvalue weighted by Gasteiger charge is 2.35. The van der Waals surface area contributed by atoms with Gasteiger partial charge in [0.05, 0.1) is 17.7 Å². The third kappa shape index (κ3) is 7.33. The van der Waals surface area contributed by atoms with Crippen LogP contribution in [0.15, 0.2) is 6.07 Å². The summed E-state index contributed by atoms with van der Waals surface area (Å²) in [5.41, 5.74) is 0.294. The van der Waals surface area contributed by atoms with E-state index in [2.05, 4.69) is 18.8 Å². The standard InChI is InChI=1S/C26H38N2O4S/c1-17-9-11-19(12-10-17)24(30)28(18(2)15-22(29)27(6)7)21-16-20(13-14-26(3,4)5)33-23(21)25(31)32-8/h16-19H,9-12,15H2,1-8H3/t17?,18-,19?/m0/s1. The second-order valence-corrected chi connectivity index (χ2v) is 11.4. The quantitative estimate of drug-likeness (QED) is 0.432. The molecule has 1 aliphatic carbocycles. The Morgan fingerprint density at radius 2 is 1.79 bits per heavy atom. The highest BCUT2D eigenvalue weighted by molar-refractivity contribution is 7.15. The van der Waals surface area contributed by atoms with Crippen LogP contribution < -0.4 is 4.90 Å². The van der Waals surface area contributed by atoms with Crippen molar-refractivity contribution < 1.29 is 19.1 Å². The van der Waals surface area contributed by atoms with Gasteiger partial charge in [-0.15, -0.1) is 11.3 Å². The Balaban J connectivity index is 2.54. The van der Waals surface area contributed by atoms with Gasteiger partial charge in [-0.1, -0.05) is 18.8 Å². The van der Waals surface area contributed by atoms with Crippen molar-refractivity contribution in [3.63, 3.8) is 0 Å². The number of ether oxygens (including phenoxy) is 1. The maximum Gasteiger partial charge on any atom is 0.350 e. The maximum atomic E-state index is 13.8. The van der Waals surface area contributed by atoms with Crippen LogP contribution in [0.4, 0.5) is 5.69 Å². The first-order valence-electron chi connectivity index (χ1n) is 11.6. The van der Waals surface area contributed by atoms with Gasteiger partial charge in [0.2, 0.25) is 11.8 Å². The van der Waals surface area contributed by atoms with Gasteiger partial charge in [0.1, 0.15) is 4.88 Å². The molecule has 2 rings (SSSR count). The summed E-state index contributed by atoms with van der Waals surface area (Å²) in [5.74, 6) is 6.24. The molecule has 7 heteroatoms. The Morgan fingerprint density at radius 3 is 2.30 bits per heavy atom. The molecule has 0 bridgehead atoms. The summed E-state index contributed by atoms with van der Waals surface area (Å²) in [6.07, 6.45) is 3.82. The molecule has 1 aromatic heterocycles. The van der Waals surface area contributed by atoms with Crippen molar-refractivity contribution >= 4 is 34.8 Å². The number of nitrogens with zero attached hydrogens (tertiary/aromatic N) is 2. The van der Waals surface area contributed by atoms with Crippen LogP contribution in [0.3, 0.4) is 0 Å². The average molecular weight is 475 g/mol. The molecule has 6 nitrogen and oxygen atoms in total. The van der Waals surface area contributed by atoms with Gasteiger partial charge in [0.25, 0.3) is 0 Å². The second kappa shape index (κ2) is 11.2. The lowest BCUT2D eigenvalue weighted by molar-refractivity contribution is -0.129. The van der Waals surface area contributed by atoms with E-state index in [1.54, 1.807) is 25.1 Å². The molecular weight excluding hydrogens is 436 g/mol. The van der Waals surface area contributed by atoms with Crippen LogP contribution in [0.2, 0.25) is 0 Å². The van der Waals surface area contributed by atoms with Crippen molar-refractivity contribution in [1.82, 2.24) is 4.90 Å². The fourth-order valence-corrected chi connectivity index (χ4v) is 4.83. The molecule has 1 atom stereocenters. The molecule has 0 unspecified atom stereocenters. The van der Waals surface area contributed by atoms with Crippen molar-refractivity contribution in [2.45, 2.75) is 72.8 Å². The van der Waals surface area contributed by atoms with Crippen molar-refractivity contribution in [2.75, 3.05) is 26.1 Å². The number of hydrogen-bond donors (Lipinski definition) is 0. The van der Waals surface area contributed by atoms with E-state index in [1.807, 2.05) is 27.7 Å². The zero-order chi connectivity index (χ0) is 24.9. The van der Waals surface area contributed by atoms with Gasteiger partial charge >= 0.3 is 5.97 Å². The molecule has 0 spiro atoms. The lowest BCUT2D eigenvalue weighted by atomic mass is 9.82. The normalized spacial score (nSPS) is 19.2. The Morgan fingerprint density at radius 1 is 1.18 bits per heavy atom. The summed E-state index contributed by atoms with van der Waals surface area (Å²) in [4.78, 5) is 43.2. The Labute approximate surface area is 202 Å². The van der Waals surface area contributed by atoms with E-state index in [-0.39, 0.29) is 29.6 Å². The number of esters is 1. The van der Waals surface area contributed by atoms with Crippen molar-refractivity contribution in [2.24, 2.45) is 17.3 Å². The monoisotopic (exact) mass is 474 g/mol. The molecule has 0 radical (unpaired) electrons. The van der Waals surface area contributed by atoms with Crippen LogP contribution in [0.1, 0.15) is 81.3 Å². The minimum absolute atomic E-state index is 0.0285. The summed E-state index contributed by atoms with van der Waals surface area (Å²) < 4.78 is 5.03. The van der Waals surface area contributed by atoms with E-state index in [0.29, 0.717) is 21.4 Å². The van der Waals surface area contributed by atoms with E-state index in [1.165, 1.54) is 23.3 Å². The predicted molar refractivity (Wildman–Crippen MR) is 133 cm³/mol. The molecule has 1 heterocycles. The smallest absolute Gasteiger partial charge is 0.350 e. The molecule has 1 fully saturated rings. The fourth-order valence-electron chi connectivity index (χ4n) is 3.91. The number of carbonyl (C=O) groups excluding carboxylic acids is 3. The SMILES string of the molecule is COC(=O)c1sc(C#CC(C)(C)C)cc1N(C(=O)C1CCC(C)CC1)[C@@H](C)CC(=O)N(C)C. The molecule has 1 aliphatic rings. The lowest BCUT2D eigenvalue weighted by Crippen LogP contribution is -2.45. The van der Waals surface area contributed by atoms with Crippen LogP contribution in [0.5, 0.6) is 0 Å². The number of anilines is 1. The van der Waals surface area contributed by atoms with Crippen molar-refractivity contribution in [1.29, 1.82) is 0 Å². The van der Waals surface area contributed by atoms with Crippen LogP contribution in [-0.4, -0.2) is 49.9 Å². The molecule has 1 saturated carbocycles. The van der Waals surface area contributed by atoms with E-state index < -0.39 is 12.0 Å². The fraction of sp³-hybridized carbons (Fsp3) is 0.654. The largest absolute Gasteiger partial charge is 0.465 e. The number of amides is 2. The summed E-state index contributed by atoms with van der Waals surface area (Å²) in [6.45, 7) is 10.1. The third-order valence-corrected chi connectivity index (χ3v) is 6.94. The second-order valence-electron chi connectivity index (χ2n) is 10.3. The van der Waals surface area contributed by atoms with Gasteiger partial charge in [0, 0.05) is 37.9 Å². The Bertz CT molecular complexity index is 924. The first-order chi connectivity index (χ1) is 15.3. The highest BCUT2D eigenvalue weighted by Crippen LogP contribution is 2.37. The van der Waals surface area contributed by atoms with Gasteiger partial charge in [-0.25, -0.2) is 4.79 Å². The lowest BCUT2D eigenvalue weighted by Gasteiger charge is -2.35. The molecule has 0 aromatic carbocycles. The minimum atomic E-state index is -0.500. The van der Waals surface area contributed by atoms with Gasteiger partial charge in [-0.3, -0.25) is 9.59 Å². The topological polar surface area (TPSA) is 66.9 Å². The predicted octanol–water partition coefficient (Wildman–Crippen LogP) is 4.96. The van der Waals surface area contributed by atoms with Crippen LogP contribution >= 0.6 is 11.3 Å². The number of methoxy groups -OCH3 is 1. The molecule has 182 valence electrons. The molecule has 2 amide bonds. The summed E-state index contributed by atoms with van der Waals surface area (Å²) in [5, 5.41) is 0. The molecule has 0 aliphatic heterocycles. The third-order valence-electron chi connectivity index (χ3n) is 5.92. The number of carbonyl (C=O) groups is 3. The van der Waals surface area contributed by atoms with Crippen LogP contribution in [0, 0.1) is 29.1 Å². The van der Waals surface area contributed by atoms with E-state index >= 15 is 0 Å². The van der Waals surface area contributed by atoms with Gasteiger partial charge in [-0.05, 0) is 65.4 Å². The highest BCUT2D eigenvalue weighted by atomic mass is 32.1. The first-order valence-corrected chi connectivity index (χ1v) is 12.4. The van der Waals surface area contributed by atoms with E-state index in [9.17, 15) is 14.4 Å². The Kier molecular flexibility index (Phi) is 9.13. The molecular formula is C26H38N2O4S. The summed E-state index contributed by atoms with van der Waals surface area (Å²) in [6, 6.07) is 1.39. The number of hydrogen-bond acceptors (Lipinski definition) is 5. The Hall–Kier alpha value is -2.33. The van der Waals surface area contributed by atoms with E-state index in [0.717, 1.165) is 25.7 Å². The summed E-state index contributed by atoms with van der Waals surface area (Å²) >= 11 is 1.23. The molecule has 0 N–H and O–H groups in total. The van der Waals surface area contributed by atoms with E-state index in [4.69, 9.17) is 4.74 Å². The van der Waals surface area contributed by atoms with Crippen molar-refractivity contribution in [3.8, 4) is 11.8 Å². The maximum absolute atomic E-state index is 13.8. The number of thiophene rings is 1. The van der Waals surface area contributed by atoms with Crippen LogP contribution in [0.25, 0.3) is 0 Å². The summed E-state index contributed by atoms with van der Waals surface area (Å²) in [7, 11) is 4.74. The van der Waals surface area contributed by atoms with Crippen LogP contribution in [-0.2, 0) is 14.3 Å². The minimum Gasteiger partial charge on any atom is -0.465 e. The molecule has 33 heavy (non-hydrogen) atoms. The zero-order valence-electron chi connectivity index (χ0n) is 21.3. The average Bonchev–Trinajstić information content (AvgIpc) is 3.15. The molecule has 0 saturated heterocycles.